The Labute approximate surface area is 290 Å². The Kier molecular flexibility index (Phi) is 18.1. The molecule has 0 saturated carbocycles. The fourth-order valence-electron chi connectivity index (χ4n) is 4.99. The summed E-state index contributed by atoms with van der Waals surface area (Å²) in [5.41, 5.74) is 0. The van der Waals surface area contributed by atoms with Crippen molar-refractivity contribution in [3.05, 3.63) is 29.8 Å². The predicted molar refractivity (Wildman–Crippen MR) is 174 cm³/mol. The Morgan fingerprint density at radius 2 is 1.16 bits per heavy atom. The van der Waals surface area contributed by atoms with Crippen LogP contribution in [0.3, 0.4) is 0 Å². The number of carbonyl (C=O) groups excluding carboxylic acids is 8. The number of hydrogen-bond donors (Lipinski definition) is 2. The molecule has 2 N–H and O–H groups in total. The molecule has 0 aliphatic heterocycles. The minimum atomic E-state index is -1.36. The van der Waals surface area contributed by atoms with Crippen LogP contribution in [0.1, 0.15) is 73.6 Å². The van der Waals surface area contributed by atoms with Gasteiger partial charge in [-0.2, -0.15) is 0 Å². The number of esters is 2. The van der Waals surface area contributed by atoms with Gasteiger partial charge >= 0.3 is 11.9 Å². The summed E-state index contributed by atoms with van der Waals surface area (Å²) >= 11 is 0. The van der Waals surface area contributed by atoms with Crippen molar-refractivity contribution in [2.45, 2.75) is 85.7 Å². The van der Waals surface area contributed by atoms with Gasteiger partial charge in [0.05, 0.1) is 39.1 Å². The van der Waals surface area contributed by atoms with Crippen molar-refractivity contribution in [3.63, 3.8) is 0 Å². The summed E-state index contributed by atoms with van der Waals surface area (Å²) in [6, 6.07) is 0.388. The van der Waals surface area contributed by atoms with Crippen molar-refractivity contribution in [3.8, 4) is 5.75 Å². The fourth-order valence-corrected chi connectivity index (χ4v) is 4.99. The van der Waals surface area contributed by atoms with Gasteiger partial charge in [-0.25, -0.2) is 8.78 Å². The predicted octanol–water partition coefficient (Wildman–Crippen LogP) is 3.09. The van der Waals surface area contributed by atoms with Crippen LogP contribution in [-0.4, -0.2) is 79.8 Å². The van der Waals surface area contributed by atoms with E-state index in [4.69, 9.17) is 4.74 Å². The SMILES string of the molecule is COC(=O)C[C@H](CC(=O)[C@H](C)NC(=O)[C@@H](CC(=O)[C@H](CC(=O)OC)NC(=O)[C@@H](CC(C)=O)C(C)C)C(C)C)C(=O)COc1c(F)cccc1F. The lowest BCUT2D eigenvalue weighted by atomic mass is 9.86. The second-order valence-corrected chi connectivity index (χ2v) is 12.8. The van der Waals surface area contributed by atoms with E-state index >= 15 is 0 Å². The molecule has 5 atom stereocenters. The lowest BCUT2D eigenvalue weighted by Crippen LogP contribution is -2.48. The van der Waals surface area contributed by atoms with Gasteiger partial charge in [0.15, 0.2) is 34.7 Å². The van der Waals surface area contributed by atoms with Crippen LogP contribution >= 0.6 is 0 Å². The van der Waals surface area contributed by atoms with E-state index in [1.807, 2.05) is 0 Å². The Bertz CT molecular complexity index is 1390. The van der Waals surface area contributed by atoms with Crippen molar-refractivity contribution in [1.82, 2.24) is 10.6 Å². The first kappa shape index (κ1) is 43.5. The fraction of sp³-hybridized carbons (Fsp3) is 0.600. The van der Waals surface area contributed by atoms with Crippen LogP contribution in [0.5, 0.6) is 5.75 Å². The van der Waals surface area contributed by atoms with Crippen LogP contribution in [0.15, 0.2) is 18.2 Å². The van der Waals surface area contributed by atoms with Gasteiger partial charge in [0, 0.05) is 37.0 Å². The number of hydrogen-bond acceptors (Lipinski definition) is 11. The zero-order chi connectivity index (χ0) is 38.3. The summed E-state index contributed by atoms with van der Waals surface area (Å²) in [7, 11) is 2.18. The minimum absolute atomic E-state index is 0.0746. The number of ketones is 4. The Morgan fingerprint density at radius 3 is 1.66 bits per heavy atom. The highest BCUT2D eigenvalue weighted by Crippen LogP contribution is 2.23. The van der Waals surface area contributed by atoms with Gasteiger partial charge in [-0.05, 0) is 37.8 Å². The maximum Gasteiger partial charge on any atom is 0.308 e. The lowest BCUT2D eigenvalue weighted by Gasteiger charge is -2.26. The molecule has 0 aliphatic carbocycles. The van der Waals surface area contributed by atoms with Crippen LogP contribution in [0.2, 0.25) is 0 Å². The van der Waals surface area contributed by atoms with Crippen LogP contribution in [-0.2, 0) is 47.8 Å². The number of amides is 2. The minimum Gasteiger partial charge on any atom is -0.480 e. The number of para-hydroxylation sites is 1. The molecule has 50 heavy (non-hydrogen) atoms. The monoisotopic (exact) mass is 710 g/mol. The highest BCUT2D eigenvalue weighted by atomic mass is 19.1. The van der Waals surface area contributed by atoms with Crippen molar-refractivity contribution in [2.24, 2.45) is 29.6 Å². The Balaban J connectivity index is 3.08. The van der Waals surface area contributed by atoms with Crippen LogP contribution in [0, 0.1) is 41.2 Å². The highest BCUT2D eigenvalue weighted by Gasteiger charge is 2.35. The number of carbonyl (C=O) groups is 8. The summed E-state index contributed by atoms with van der Waals surface area (Å²) < 4.78 is 42.2. The van der Waals surface area contributed by atoms with Gasteiger partial charge in [0.25, 0.3) is 0 Å². The first-order valence-electron chi connectivity index (χ1n) is 16.2. The number of Topliss-reactive ketones (excluding diaryl/α,β-unsaturated/α-hetero) is 4. The first-order chi connectivity index (χ1) is 23.3. The average molecular weight is 711 g/mol. The molecule has 0 aliphatic rings. The molecule has 2 amide bonds. The molecule has 0 saturated heterocycles. The molecular weight excluding hydrogens is 662 g/mol. The standard InChI is InChI=1S/C35H48F2N2O11/c1-18(2)23(12-20(5)40)35(47)39-27(16-32(45)49-8)29(42)15-24(19(3)4)34(46)38-21(6)28(41)13-22(14-31(44)48-7)30(43)17-50-33-25(36)10-9-11-26(33)37/h9-11,18-19,21-24,27H,12-17H2,1-8H3,(H,38,46)(H,39,47)/t21-,22-,23-,24-,27-/m0/s1. The van der Waals surface area contributed by atoms with Gasteiger partial charge < -0.3 is 29.6 Å². The summed E-state index contributed by atoms with van der Waals surface area (Å²) in [5, 5.41) is 5.06. The highest BCUT2D eigenvalue weighted by molar-refractivity contribution is 5.98. The summed E-state index contributed by atoms with van der Waals surface area (Å²) in [5.74, 6) is -12.1. The van der Waals surface area contributed by atoms with Crippen LogP contribution in [0.25, 0.3) is 0 Å². The molecule has 1 rings (SSSR count). The lowest BCUT2D eigenvalue weighted by molar-refractivity contribution is -0.145. The summed E-state index contributed by atoms with van der Waals surface area (Å²) in [6.07, 6.45) is -2.14. The van der Waals surface area contributed by atoms with E-state index in [9.17, 15) is 47.1 Å². The molecule has 0 unspecified atom stereocenters. The van der Waals surface area contributed by atoms with Gasteiger partial charge in [0.2, 0.25) is 11.8 Å². The molecule has 1 aromatic rings. The smallest absolute Gasteiger partial charge is 0.308 e. The van der Waals surface area contributed by atoms with Crippen LogP contribution in [0.4, 0.5) is 8.78 Å². The molecule has 13 nitrogen and oxygen atoms in total. The van der Waals surface area contributed by atoms with Gasteiger partial charge in [-0.15, -0.1) is 0 Å². The molecular formula is C35H48F2N2O11. The quantitative estimate of drug-likeness (QED) is 0.168. The summed E-state index contributed by atoms with van der Waals surface area (Å²) in [6.45, 7) is 8.60. The molecule has 0 spiro atoms. The van der Waals surface area contributed by atoms with E-state index < -0.39 is 127 Å². The number of rotatable bonds is 22. The molecule has 1 aromatic carbocycles. The number of nitrogens with one attached hydrogen (secondary N) is 2. The number of ether oxygens (including phenoxy) is 3. The maximum atomic E-state index is 14.0. The largest absolute Gasteiger partial charge is 0.480 e. The van der Waals surface area contributed by atoms with E-state index in [1.54, 1.807) is 27.7 Å². The zero-order valence-electron chi connectivity index (χ0n) is 29.8. The average Bonchev–Trinajstić information content (AvgIpc) is 3.03. The third-order valence-corrected chi connectivity index (χ3v) is 8.18. The van der Waals surface area contributed by atoms with E-state index in [-0.39, 0.29) is 18.1 Å². The Hall–Kier alpha value is -4.56. The molecule has 0 fully saturated rings. The second kappa shape index (κ2) is 20.8. The van der Waals surface area contributed by atoms with E-state index in [2.05, 4.69) is 20.1 Å². The topological polar surface area (TPSA) is 188 Å². The second-order valence-electron chi connectivity index (χ2n) is 12.8. The third-order valence-electron chi connectivity index (χ3n) is 8.18. The summed E-state index contributed by atoms with van der Waals surface area (Å²) in [4.78, 5) is 102. The zero-order valence-corrected chi connectivity index (χ0v) is 29.8. The maximum absolute atomic E-state index is 14.0. The van der Waals surface area contributed by atoms with Crippen molar-refractivity contribution in [1.29, 1.82) is 0 Å². The molecule has 0 heterocycles. The molecule has 0 aromatic heterocycles. The van der Waals surface area contributed by atoms with Gasteiger partial charge in [-0.3, -0.25) is 33.6 Å². The number of halogens is 2. The van der Waals surface area contributed by atoms with Crippen LogP contribution < -0.4 is 15.4 Å². The molecule has 15 heteroatoms. The molecule has 0 bridgehead atoms. The van der Waals surface area contributed by atoms with Crippen molar-refractivity contribution < 1.29 is 61.3 Å². The van der Waals surface area contributed by atoms with E-state index in [0.29, 0.717) is 0 Å². The normalized spacial score (nSPS) is 14.1. The Morgan fingerprint density at radius 1 is 0.660 bits per heavy atom. The first-order valence-corrected chi connectivity index (χ1v) is 16.2. The number of benzene rings is 1. The van der Waals surface area contributed by atoms with E-state index in [1.165, 1.54) is 13.8 Å². The van der Waals surface area contributed by atoms with Crippen molar-refractivity contribution >= 4 is 46.9 Å². The van der Waals surface area contributed by atoms with E-state index in [0.717, 1.165) is 32.4 Å². The van der Waals surface area contributed by atoms with Crippen molar-refractivity contribution in [2.75, 3.05) is 20.8 Å². The third kappa shape index (κ3) is 14.1. The molecule has 0 radical (unpaired) electrons. The van der Waals surface area contributed by atoms with Gasteiger partial charge in [-0.1, -0.05) is 33.8 Å². The number of methoxy groups -OCH3 is 2. The van der Waals surface area contributed by atoms with Gasteiger partial charge in [0.1, 0.15) is 12.4 Å². The molecule has 278 valence electrons.